The molecule has 0 saturated carbocycles. The summed E-state index contributed by atoms with van der Waals surface area (Å²) in [5.41, 5.74) is 1.03. The second-order valence-corrected chi connectivity index (χ2v) is 4.83. The van der Waals surface area contributed by atoms with Gasteiger partial charge in [-0.1, -0.05) is 0 Å². The Bertz CT molecular complexity index is 378. The number of hydrogen-bond acceptors (Lipinski definition) is 2. The van der Waals surface area contributed by atoms with Crippen LogP contribution in [0.5, 0.6) is 5.75 Å². The fourth-order valence-electron chi connectivity index (χ4n) is 2.16. The number of halogens is 2. The third-order valence-electron chi connectivity index (χ3n) is 3.03. The molecule has 1 aliphatic heterocycles. The lowest BCUT2D eigenvalue weighted by Gasteiger charge is -2.24. The molecule has 16 heavy (non-hydrogen) atoms. The summed E-state index contributed by atoms with van der Waals surface area (Å²) in [5, 5.41) is 3.31. The molecule has 1 saturated heterocycles. The quantitative estimate of drug-likeness (QED) is 0.903. The van der Waals surface area contributed by atoms with Crippen LogP contribution < -0.4 is 10.1 Å². The summed E-state index contributed by atoms with van der Waals surface area (Å²) < 4.78 is 19.5. The lowest BCUT2D eigenvalue weighted by atomic mass is 9.90. The first kappa shape index (κ1) is 11.9. The van der Waals surface area contributed by atoms with Crippen LogP contribution in [0.1, 0.15) is 24.3 Å². The summed E-state index contributed by atoms with van der Waals surface area (Å²) in [5.74, 6) is 0.766. The molecule has 4 heteroatoms. The van der Waals surface area contributed by atoms with E-state index in [0.717, 1.165) is 36.0 Å². The number of ether oxygens (including phenoxy) is 1. The van der Waals surface area contributed by atoms with E-state index in [1.165, 1.54) is 6.07 Å². The Labute approximate surface area is 103 Å². The fraction of sp³-hybridized carbons (Fsp3) is 0.500. The van der Waals surface area contributed by atoms with E-state index in [4.69, 9.17) is 4.74 Å². The minimum Gasteiger partial charge on any atom is -0.495 e. The van der Waals surface area contributed by atoms with E-state index in [0.29, 0.717) is 11.7 Å². The maximum absolute atomic E-state index is 13.4. The number of methoxy groups -OCH3 is 1. The molecule has 0 aliphatic carbocycles. The van der Waals surface area contributed by atoms with Crippen LogP contribution in [0.25, 0.3) is 0 Å². The van der Waals surface area contributed by atoms with Crippen molar-refractivity contribution in [3.63, 3.8) is 0 Å². The van der Waals surface area contributed by atoms with Gasteiger partial charge in [-0.2, -0.15) is 0 Å². The number of hydrogen-bond donors (Lipinski definition) is 1. The Hall–Kier alpha value is -0.610. The van der Waals surface area contributed by atoms with Gasteiger partial charge >= 0.3 is 0 Å². The van der Waals surface area contributed by atoms with Crippen molar-refractivity contribution in [1.29, 1.82) is 0 Å². The summed E-state index contributed by atoms with van der Waals surface area (Å²) >= 11 is 3.50. The largest absolute Gasteiger partial charge is 0.495 e. The maximum Gasteiger partial charge on any atom is 0.136 e. The van der Waals surface area contributed by atoms with E-state index >= 15 is 0 Å². The molecule has 1 aromatic carbocycles. The van der Waals surface area contributed by atoms with E-state index in [9.17, 15) is 4.39 Å². The highest BCUT2D eigenvalue weighted by Gasteiger charge is 2.20. The molecule has 0 unspecified atom stereocenters. The van der Waals surface area contributed by atoms with Crippen LogP contribution in [0.2, 0.25) is 0 Å². The highest BCUT2D eigenvalue weighted by molar-refractivity contribution is 9.10. The Kier molecular flexibility index (Phi) is 3.82. The second kappa shape index (κ2) is 5.15. The molecule has 0 bridgehead atoms. The Morgan fingerprint density at radius 1 is 1.38 bits per heavy atom. The molecule has 1 aromatic rings. The van der Waals surface area contributed by atoms with Crippen molar-refractivity contribution >= 4 is 15.9 Å². The number of benzene rings is 1. The van der Waals surface area contributed by atoms with Crippen LogP contribution in [0.15, 0.2) is 16.6 Å². The van der Waals surface area contributed by atoms with Crippen LogP contribution in [0, 0.1) is 5.82 Å². The van der Waals surface area contributed by atoms with E-state index < -0.39 is 0 Å². The van der Waals surface area contributed by atoms with Crippen LogP contribution in [0.3, 0.4) is 0 Å². The molecule has 1 fully saturated rings. The fourth-order valence-corrected chi connectivity index (χ4v) is 2.88. The van der Waals surface area contributed by atoms with Gasteiger partial charge in [0.1, 0.15) is 11.6 Å². The molecule has 1 N–H and O–H groups in total. The molecule has 1 aliphatic rings. The van der Waals surface area contributed by atoms with Crippen LogP contribution in [-0.2, 0) is 0 Å². The second-order valence-electron chi connectivity index (χ2n) is 4.04. The Balaban J connectivity index is 2.34. The molecule has 1 heterocycles. The van der Waals surface area contributed by atoms with Crippen molar-refractivity contribution < 1.29 is 9.13 Å². The van der Waals surface area contributed by atoms with Crippen molar-refractivity contribution in [2.24, 2.45) is 0 Å². The Morgan fingerprint density at radius 2 is 2.06 bits per heavy atom. The van der Waals surface area contributed by atoms with Crippen LogP contribution in [-0.4, -0.2) is 20.2 Å². The SMILES string of the molecule is COc1cc(F)cc(C2CCNCC2)c1Br. The van der Waals surface area contributed by atoms with E-state index in [2.05, 4.69) is 21.2 Å². The van der Waals surface area contributed by atoms with Gasteiger partial charge in [0.2, 0.25) is 0 Å². The first-order valence-electron chi connectivity index (χ1n) is 5.46. The van der Waals surface area contributed by atoms with Gasteiger partial charge in [0.05, 0.1) is 11.6 Å². The van der Waals surface area contributed by atoms with Gasteiger partial charge in [-0.25, -0.2) is 4.39 Å². The molecule has 0 aromatic heterocycles. The van der Waals surface area contributed by atoms with E-state index in [1.807, 2.05) is 0 Å². The van der Waals surface area contributed by atoms with Crippen molar-refractivity contribution in [3.8, 4) is 5.75 Å². The minimum atomic E-state index is -0.228. The maximum atomic E-state index is 13.4. The van der Waals surface area contributed by atoms with Gasteiger partial charge in [0.25, 0.3) is 0 Å². The Morgan fingerprint density at radius 3 is 2.69 bits per heavy atom. The monoisotopic (exact) mass is 287 g/mol. The number of nitrogens with one attached hydrogen (secondary N) is 1. The van der Waals surface area contributed by atoms with Crippen molar-refractivity contribution in [2.45, 2.75) is 18.8 Å². The lowest BCUT2D eigenvalue weighted by Crippen LogP contribution is -2.26. The third-order valence-corrected chi connectivity index (χ3v) is 3.88. The van der Waals surface area contributed by atoms with Gasteiger partial charge in [0.15, 0.2) is 0 Å². The summed E-state index contributed by atoms with van der Waals surface area (Å²) in [6.45, 7) is 1.99. The molecule has 2 rings (SSSR count). The molecule has 0 radical (unpaired) electrons. The van der Waals surface area contributed by atoms with Gasteiger partial charge in [-0.3, -0.25) is 0 Å². The highest BCUT2D eigenvalue weighted by Crippen LogP contribution is 2.37. The van der Waals surface area contributed by atoms with Gasteiger partial charge in [-0.15, -0.1) is 0 Å². The van der Waals surface area contributed by atoms with Crippen molar-refractivity contribution in [3.05, 3.63) is 28.0 Å². The van der Waals surface area contributed by atoms with Gasteiger partial charge < -0.3 is 10.1 Å². The molecule has 0 atom stereocenters. The first-order valence-corrected chi connectivity index (χ1v) is 6.25. The molecule has 0 amide bonds. The molecular weight excluding hydrogens is 273 g/mol. The minimum absolute atomic E-state index is 0.228. The van der Waals surface area contributed by atoms with Crippen molar-refractivity contribution in [2.75, 3.05) is 20.2 Å². The normalized spacial score (nSPS) is 17.4. The van der Waals surface area contributed by atoms with Crippen molar-refractivity contribution in [1.82, 2.24) is 5.32 Å². The molecule has 2 nitrogen and oxygen atoms in total. The van der Waals surface area contributed by atoms with E-state index in [-0.39, 0.29) is 5.82 Å². The highest BCUT2D eigenvalue weighted by atomic mass is 79.9. The zero-order chi connectivity index (χ0) is 11.5. The zero-order valence-corrected chi connectivity index (χ0v) is 10.8. The van der Waals surface area contributed by atoms with Gasteiger partial charge in [-0.05, 0) is 59.4 Å². The zero-order valence-electron chi connectivity index (χ0n) is 9.22. The smallest absolute Gasteiger partial charge is 0.136 e. The summed E-state index contributed by atoms with van der Waals surface area (Å²) in [6, 6.07) is 3.03. The average Bonchev–Trinajstić information content (AvgIpc) is 2.33. The number of rotatable bonds is 2. The molecular formula is C12H15BrFNO. The predicted molar refractivity (Wildman–Crippen MR) is 65.5 cm³/mol. The topological polar surface area (TPSA) is 21.3 Å². The first-order chi connectivity index (χ1) is 7.72. The average molecular weight is 288 g/mol. The molecule has 88 valence electrons. The third kappa shape index (κ3) is 2.38. The van der Waals surface area contributed by atoms with Crippen LogP contribution >= 0.6 is 15.9 Å². The predicted octanol–water partition coefficient (Wildman–Crippen LogP) is 3.06. The summed E-state index contributed by atoms with van der Waals surface area (Å²) in [4.78, 5) is 0. The summed E-state index contributed by atoms with van der Waals surface area (Å²) in [7, 11) is 1.56. The standard InChI is InChI=1S/C12H15BrFNO/c1-16-11-7-9(14)6-10(12(11)13)8-2-4-15-5-3-8/h6-8,15H,2-5H2,1H3. The van der Waals surface area contributed by atoms with Gasteiger partial charge in [0, 0.05) is 6.07 Å². The lowest BCUT2D eigenvalue weighted by molar-refractivity contribution is 0.403. The molecule has 0 spiro atoms. The summed E-state index contributed by atoms with van der Waals surface area (Å²) in [6.07, 6.45) is 2.09. The van der Waals surface area contributed by atoms with Crippen LogP contribution in [0.4, 0.5) is 4.39 Å². The number of piperidine rings is 1. The van der Waals surface area contributed by atoms with E-state index in [1.54, 1.807) is 13.2 Å².